The summed E-state index contributed by atoms with van der Waals surface area (Å²) < 4.78 is 55.5. The van der Waals surface area contributed by atoms with Crippen LogP contribution in [0.2, 0.25) is 0 Å². The van der Waals surface area contributed by atoms with Gasteiger partial charge in [0, 0.05) is 38.3 Å². The van der Waals surface area contributed by atoms with Crippen molar-refractivity contribution in [1.82, 2.24) is 20.1 Å². The molecule has 2 atom stereocenters. The Bertz CT molecular complexity index is 1160. The van der Waals surface area contributed by atoms with Crippen LogP contribution in [0, 0.1) is 0 Å². The predicted octanol–water partition coefficient (Wildman–Crippen LogP) is 1.90. The number of fused-ring (bicyclic) bond motifs is 3. The van der Waals surface area contributed by atoms with E-state index >= 15 is 0 Å². The average molecular weight is 527 g/mol. The number of halogens is 3. The van der Waals surface area contributed by atoms with Crippen molar-refractivity contribution < 1.29 is 32.2 Å². The topological polar surface area (TPSA) is 122 Å². The number of ether oxygens (including phenoxy) is 3. The summed E-state index contributed by atoms with van der Waals surface area (Å²) in [6, 6.07) is 0.705. The Morgan fingerprint density at radius 1 is 1.35 bits per heavy atom. The first-order chi connectivity index (χ1) is 17.7. The lowest BCUT2D eigenvalue weighted by atomic mass is 10.1. The first-order valence-corrected chi connectivity index (χ1v) is 11.9. The molecule has 2 aromatic heterocycles. The molecule has 202 valence electrons. The number of aromatic nitrogens is 3. The van der Waals surface area contributed by atoms with Gasteiger partial charge in [-0.25, -0.2) is 10.1 Å². The molecule has 1 amide bonds. The van der Waals surface area contributed by atoms with Crippen molar-refractivity contribution in [2.45, 2.75) is 38.0 Å². The number of piperazine rings is 1. The van der Waals surface area contributed by atoms with Gasteiger partial charge in [-0.2, -0.15) is 18.3 Å². The Morgan fingerprint density at radius 3 is 2.92 bits per heavy atom. The molecule has 0 radical (unpaired) electrons. The molecule has 2 N–H and O–H groups in total. The molecule has 2 aromatic rings. The van der Waals surface area contributed by atoms with Crippen LogP contribution in [0.15, 0.2) is 23.3 Å². The molecule has 2 aliphatic rings. The number of H-pyrrole nitrogens is 1. The van der Waals surface area contributed by atoms with Crippen molar-refractivity contribution in [3.05, 3.63) is 34.4 Å². The van der Waals surface area contributed by atoms with Crippen LogP contribution < -0.4 is 25.2 Å². The number of anilines is 2. The summed E-state index contributed by atoms with van der Waals surface area (Å²) in [7, 11) is 1.39. The van der Waals surface area contributed by atoms with Crippen LogP contribution in [-0.4, -0.2) is 84.6 Å². The zero-order valence-corrected chi connectivity index (χ0v) is 20.5. The molecule has 14 heteroatoms. The van der Waals surface area contributed by atoms with E-state index in [-0.39, 0.29) is 49.1 Å². The molecular weight excluding hydrogens is 497 g/mol. The van der Waals surface area contributed by atoms with Crippen molar-refractivity contribution in [3.8, 4) is 11.5 Å². The second kappa shape index (κ2) is 11.2. The quantitative estimate of drug-likeness (QED) is 0.497. The van der Waals surface area contributed by atoms with E-state index in [0.29, 0.717) is 44.2 Å². The monoisotopic (exact) mass is 526 g/mol. The van der Waals surface area contributed by atoms with Crippen LogP contribution in [0.3, 0.4) is 0 Å². The van der Waals surface area contributed by atoms with E-state index in [0.717, 1.165) is 12.3 Å². The zero-order valence-electron chi connectivity index (χ0n) is 20.5. The smallest absolute Gasteiger partial charge is 0.418 e. The van der Waals surface area contributed by atoms with E-state index in [1.165, 1.54) is 13.3 Å². The molecule has 0 aromatic carbocycles. The van der Waals surface area contributed by atoms with Crippen molar-refractivity contribution in [2.75, 3.05) is 56.8 Å². The number of hydrogen-bond acceptors (Lipinski definition) is 9. The Labute approximate surface area is 210 Å². The lowest BCUT2D eigenvalue weighted by Crippen LogP contribution is -2.55. The molecule has 0 spiro atoms. The van der Waals surface area contributed by atoms with Gasteiger partial charge in [0.25, 0.3) is 0 Å². The summed E-state index contributed by atoms with van der Waals surface area (Å²) >= 11 is 0. The molecule has 0 unspecified atom stereocenters. The highest BCUT2D eigenvalue weighted by atomic mass is 19.4. The lowest BCUT2D eigenvalue weighted by molar-refractivity contribution is -0.138. The number of amides is 1. The molecule has 2 aliphatic heterocycles. The average Bonchev–Trinajstić information content (AvgIpc) is 3.04. The summed E-state index contributed by atoms with van der Waals surface area (Å²) in [6.07, 6.45) is -1.49. The molecule has 4 heterocycles. The van der Waals surface area contributed by atoms with E-state index in [1.807, 2.05) is 11.8 Å². The van der Waals surface area contributed by atoms with Crippen LogP contribution in [0.5, 0.6) is 11.5 Å². The minimum Gasteiger partial charge on any atom is -0.490 e. The minimum atomic E-state index is -4.50. The Morgan fingerprint density at radius 2 is 2.16 bits per heavy atom. The molecule has 0 aliphatic carbocycles. The van der Waals surface area contributed by atoms with E-state index in [2.05, 4.69) is 20.5 Å². The molecule has 37 heavy (non-hydrogen) atoms. The third kappa shape index (κ3) is 6.24. The van der Waals surface area contributed by atoms with Gasteiger partial charge < -0.3 is 29.3 Å². The maximum absolute atomic E-state index is 13.1. The van der Waals surface area contributed by atoms with Crippen molar-refractivity contribution in [1.29, 1.82) is 0 Å². The molecule has 0 bridgehead atoms. The standard InChI is InChI=1S/C23H29F3N6O5/c1-14(29-17-11-28-30-22(34)20(17)35-2)13-36-7-4-19(33)31-5-6-32-16(12-31)3-8-37-18-9-15(23(24,25)26)10-27-21(18)32/h9-11,14,16H,3-8,12-13H2,1-2H3,(H2,29,30,34)/t14-,16-/m0/s1. The third-order valence-corrected chi connectivity index (χ3v) is 6.22. The summed E-state index contributed by atoms with van der Waals surface area (Å²) in [5, 5.41) is 9.14. The number of rotatable bonds is 8. The van der Waals surface area contributed by atoms with Gasteiger partial charge in [-0.15, -0.1) is 0 Å². The second-order valence-electron chi connectivity index (χ2n) is 8.88. The van der Waals surface area contributed by atoms with E-state index in [1.54, 1.807) is 4.90 Å². The van der Waals surface area contributed by atoms with Crippen LogP contribution in [0.4, 0.5) is 24.7 Å². The Kier molecular flexibility index (Phi) is 8.05. The lowest BCUT2D eigenvalue weighted by Gasteiger charge is -2.41. The summed E-state index contributed by atoms with van der Waals surface area (Å²) in [5.74, 6) is 0.548. The maximum Gasteiger partial charge on any atom is 0.418 e. The summed E-state index contributed by atoms with van der Waals surface area (Å²) in [6.45, 7) is 3.90. The molecule has 11 nitrogen and oxygen atoms in total. The van der Waals surface area contributed by atoms with Gasteiger partial charge in [0.2, 0.25) is 11.7 Å². The van der Waals surface area contributed by atoms with Gasteiger partial charge >= 0.3 is 11.7 Å². The van der Waals surface area contributed by atoms with Crippen LogP contribution in [0.1, 0.15) is 25.3 Å². The van der Waals surface area contributed by atoms with Crippen molar-refractivity contribution >= 4 is 17.4 Å². The zero-order chi connectivity index (χ0) is 26.6. The Hall–Kier alpha value is -3.55. The number of alkyl halides is 3. The molecule has 1 saturated heterocycles. The number of carbonyl (C=O) groups excluding carboxylic acids is 1. The van der Waals surface area contributed by atoms with Crippen molar-refractivity contribution in [3.63, 3.8) is 0 Å². The number of nitrogens with one attached hydrogen (secondary N) is 2. The van der Waals surface area contributed by atoms with Gasteiger partial charge in [-0.3, -0.25) is 9.59 Å². The third-order valence-electron chi connectivity index (χ3n) is 6.22. The number of carbonyl (C=O) groups is 1. The van der Waals surface area contributed by atoms with E-state index in [9.17, 15) is 22.8 Å². The first kappa shape index (κ1) is 26.5. The number of hydrogen-bond donors (Lipinski definition) is 2. The van der Waals surface area contributed by atoms with Gasteiger partial charge in [-0.1, -0.05) is 0 Å². The highest BCUT2D eigenvalue weighted by Gasteiger charge is 2.36. The molecule has 4 rings (SSSR count). The maximum atomic E-state index is 13.1. The van der Waals surface area contributed by atoms with Crippen molar-refractivity contribution in [2.24, 2.45) is 0 Å². The largest absolute Gasteiger partial charge is 0.490 e. The highest BCUT2D eigenvalue weighted by molar-refractivity contribution is 5.76. The molecular formula is C23H29F3N6O5. The summed E-state index contributed by atoms with van der Waals surface area (Å²) in [4.78, 5) is 32.2. The molecule has 0 saturated carbocycles. The minimum absolute atomic E-state index is 0.0634. The van der Waals surface area contributed by atoms with Crippen LogP contribution >= 0.6 is 0 Å². The van der Waals surface area contributed by atoms with Gasteiger partial charge in [-0.05, 0) is 13.0 Å². The van der Waals surface area contributed by atoms with E-state index < -0.39 is 17.3 Å². The SMILES string of the molecule is COc1c(N[C@@H](C)COCCC(=O)N2CCN3c4ncc(C(F)(F)F)cc4OCC[C@H]3C2)cn[nH]c1=O. The second-order valence-corrected chi connectivity index (χ2v) is 8.88. The number of pyridine rings is 1. The highest BCUT2D eigenvalue weighted by Crippen LogP contribution is 2.38. The van der Waals surface area contributed by atoms with Gasteiger partial charge in [0.1, 0.15) is 5.69 Å². The van der Waals surface area contributed by atoms with Crippen LogP contribution in [-0.2, 0) is 15.7 Å². The number of methoxy groups -OCH3 is 1. The predicted molar refractivity (Wildman–Crippen MR) is 127 cm³/mol. The summed E-state index contributed by atoms with van der Waals surface area (Å²) in [5.41, 5.74) is -0.859. The normalized spacial score (nSPS) is 18.2. The fraction of sp³-hybridized carbons (Fsp3) is 0.565. The molecule has 1 fully saturated rings. The van der Waals surface area contributed by atoms with Crippen LogP contribution in [0.25, 0.3) is 0 Å². The first-order valence-electron chi connectivity index (χ1n) is 11.9. The fourth-order valence-corrected chi connectivity index (χ4v) is 4.40. The van der Waals surface area contributed by atoms with E-state index in [4.69, 9.17) is 14.2 Å². The fourth-order valence-electron chi connectivity index (χ4n) is 4.40. The van der Waals surface area contributed by atoms with Gasteiger partial charge in [0.15, 0.2) is 11.6 Å². The van der Waals surface area contributed by atoms with Gasteiger partial charge in [0.05, 0.1) is 51.2 Å². The Balaban J connectivity index is 1.25. The number of aromatic amines is 1. The number of nitrogens with zero attached hydrogens (tertiary/aromatic N) is 4.